The van der Waals surface area contributed by atoms with E-state index in [4.69, 9.17) is 4.74 Å². The zero-order valence-corrected chi connectivity index (χ0v) is 13.4. The van der Waals surface area contributed by atoms with Gasteiger partial charge in [-0.3, -0.25) is 4.79 Å². The van der Waals surface area contributed by atoms with Crippen LogP contribution < -0.4 is 0 Å². The van der Waals surface area contributed by atoms with Gasteiger partial charge in [-0.05, 0) is 60.3 Å². The third-order valence-electron chi connectivity index (χ3n) is 3.52. The van der Waals surface area contributed by atoms with Gasteiger partial charge in [-0.25, -0.2) is 4.79 Å². The third kappa shape index (κ3) is 3.56. The molecule has 1 unspecified atom stereocenters. The van der Waals surface area contributed by atoms with Gasteiger partial charge in [0.1, 0.15) is 11.8 Å². The highest BCUT2D eigenvalue weighted by molar-refractivity contribution is 9.10. The second-order valence-corrected chi connectivity index (χ2v) is 5.78. The van der Waals surface area contributed by atoms with Crippen molar-refractivity contribution in [2.45, 2.75) is 32.2 Å². The molecule has 0 saturated carbocycles. The van der Waals surface area contributed by atoms with Crippen LogP contribution in [0.1, 0.15) is 36.5 Å². The summed E-state index contributed by atoms with van der Waals surface area (Å²) in [4.78, 5) is 26.1. The molecule has 1 aromatic rings. The second-order valence-electron chi connectivity index (χ2n) is 4.93. The number of esters is 1. The van der Waals surface area contributed by atoms with Gasteiger partial charge >= 0.3 is 5.97 Å². The lowest BCUT2D eigenvalue weighted by Crippen LogP contribution is -2.48. The Kier molecular flexibility index (Phi) is 5.22. The van der Waals surface area contributed by atoms with Gasteiger partial charge in [0.2, 0.25) is 0 Å². The SMILES string of the molecule is CCOC(=O)C1CCCCN1C(=O)c1ccc(Br)c(O)c1. The quantitative estimate of drug-likeness (QED) is 0.846. The van der Waals surface area contributed by atoms with Gasteiger partial charge in [-0.1, -0.05) is 0 Å². The Morgan fingerprint density at radius 1 is 1.43 bits per heavy atom. The second kappa shape index (κ2) is 6.93. The van der Waals surface area contributed by atoms with E-state index >= 15 is 0 Å². The molecule has 1 aromatic carbocycles. The van der Waals surface area contributed by atoms with Gasteiger partial charge in [0.05, 0.1) is 11.1 Å². The van der Waals surface area contributed by atoms with Crippen molar-refractivity contribution in [2.24, 2.45) is 0 Å². The number of amides is 1. The van der Waals surface area contributed by atoms with Crippen LogP contribution in [0.3, 0.4) is 0 Å². The Hall–Kier alpha value is -1.56. The number of piperidine rings is 1. The summed E-state index contributed by atoms with van der Waals surface area (Å²) in [5.74, 6) is -0.604. The van der Waals surface area contributed by atoms with Crippen LogP contribution in [-0.2, 0) is 9.53 Å². The van der Waals surface area contributed by atoms with Gasteiger partial charge < -0.3 is 14.7 Å². The molecule has 0 radical (unpaired) electrons. The Balaban J connectivity index is 2.21. The summed E-state index contributed by atoms with van der Waals surface area (Å²) in [6.07, 6.45) is 2.39. The van der Waals surface area contributed by atoms with Crippen LogP contribution >= 0.6 is 15.9 Å². The fourth-order valence-corrected chi connectivity index (χ4v) is 2.72. The number of rotatable bonds is 3. The lowest BCUT2D eigenvalue weighted by Gasteiger charge is -2.34. The number of ether oxygens (including phenoxy) is 1. The van der Waals surface area contributed by atoms with Crippen molar-refractivity contribution in [1.29, 1.82) is 0 Å². The number of aromatic hydroxyl groups is 1. The van der Waals surface area contributed by atoms with E-state index in [2.05, 4.69) is 15.9 Å². The van der Waals surface area contributed by atoms with Gasteiger partial charge in [-0.15, -0.1) is 0 Å². The molecule has 1 amide bonds. The van der Waals surface area contributed by atoms with Crippen molar-refractivity contribution in [3.05, 3.63) is 28.2 Å². The molecule has 0 spiro atoms. The van der Waals surface area contributed by atoms with Gasteiger partial charge in [0.15, 0.2) is 0 Å². The van der Waals surface area contributed by atoms with Crippen molar-refractivity contribution in [2.75, 3.05) is 13.2 Å². The van der Waals surface area contributed by atoms with E-state index in [1.807, 2.05) is 0 Å². The summed E-state index contributed by atoms with van der Waals surface area (Å²) in [7, 11) is 0. The van der Waals surface area contributed by atoms with Crippen molar-refractivity contribution < 1.29 is 19.4 Å². The van der Waals surface area contributed by atoms with E-state index in [0.29, 0.717) is 29.6 Å². The average molecular weight is 356 g/mol. The van der Waals surface area contributed by atoms with Crippen LogP contribution in [-0.4, -0.2) is 41.1 Å². The standard InChI is InChI=1S/C15H18BrNO4/c1-2-21-15(20)12-5-3-4-8-17(12)14(19)10-6-7-11(16)13(18)9-10/h6-7,9,12,18H,2-5,8H2,1H3. The van der Waals surface area contributed by atoms with E-state index in [1.165, 1.54) is 6.07 Å². The summed E-state index contributed by atoms with van der Waals surface area (Å²) in [5.41, 5.74) is 0.367. The van der Waals surface area contributed by atoms with Crippen LogP contribution in [0.5, 0.6) is 5.75 Å². The number of carbonyl (C=O) groups is 2. The van der Waals surface area contributed by atoms with Crippen molar-refractivity contribution >= 4 is 27.8 Å². The number of nitrogens with zero attached hydrogens (tertiary/aromatic N) is 1. The fourth-order valence-electron chi connectivity index (χ4n) is 2.47. The molecule has 0 aromatic heterocycles. The summed E-state index contributed by atoms with van der Waals surface area (Å²) >= 11 is 3.18. The number of phenolic OH excluding ortho intramolecular Hbond substituents is 1. The summed E-state index contributed by atoms with van der Waals surface area (Å²) < 4.78 is 5.58. The molecule has 1 heterocycles. The van der Waals surface area contributed by atoms with Gasteiger partial charge in [-0.2, -0.15) is 0 Å². The molecule has 0 bridgehead atoms. The minimum absolute atomic E-state index is 0.00513. The lowest BCUT2D eigenvalue weighted by atomic mass is 10.0. The number of hydrogen-bond acceptors (Lipinski definition) is 4. The molecule has 1 atom stereocenters. The first kappa shape index (κ1) is 15.8. The van der Waals surface area contributed by atoms with E-state index in [1.54, 1.807) is 24.0 Å². The zero-order valence-electron chi connectivity index (χ0n) is 11.8. The third-order valence-corrected chi connectivity index (χ3v) is 4.19. The maximum absolute atomic E-state index is 12.6. The normalized spacial score (nSPS) is 18.4. The molecule has 1 aliphatic rings. The number of benzene rings is 1. The lowest BCUT2D eigenvalue weighted by molar-refractivity contribution is -0.149. The molecule has 1 fully saturated rings. The molecule has 114 valence electrons. The first-order valence-corrected chi connectivity index (χ1v) is 7.80. The van der Waals surface area contributed by atoms with Gasteiger partial charge in [0, 0.05) is 12.1 Å². The van der Waals surface area contributed by atoms with Crippen LogP contribution in [0.2, 0.25) is 0 Å². The van der Waals surface area contributed by atoms with Gasteiger partial charge in [0.25, 0.3) is 5.91 Å². The summed E-state index contributed by atoms with van der Waals surface area (Å²) in [6.45, 7) is 2.58. The molecule has 0 aliphatic carbocycles. The number of likely N-dealkylation sites (tertiary alicyclic amines) is 1. The molecule has 6 heteroatoms. The topological polar surface area (TPSA) is 66.8 Å². The fraction of sp³-hybridized carbons (Fsp3) is 0.467. The zero-order chi connectivity index (χ0) is 15.4. The molecular formula is C15H18BrNO4. The Morgan fingerprint density at radius 2 is 2.19 bits per heavy atom. The monoisotopic (exact) mass is 355 g/mol. The van der Waals surface area contributed by atoms with Crippen molar-refractivity contribution in [1.82, 2.24) is 4.90 Å². The highest BCUT2D eigenvalue weighted by Gasteiger charge is 2.33. The molecule has 2 rings (SSSR count). The van der Waals surface area contributed by atoms with E-state index < -0.39 is 6.04 Å². The first-order valence-electron chi connectivity index (χ1n) is 7.00. The molecule has 5 nitrogen and oxygen atoms in total. The minimum Gasteiger partial charge on any atom is -0.507 e. The highest BCUT2D eigenvalue weighted by atomic mass is 79.9. The smallest absolute Gasteiger partial charge is 0.328 e. The largest absolute Gasteiger partial charge is 0.507 e. The van der Waals surface area contributed by atoms with Crippen molar-refractivity contribution in [3.8, 4) is 5.75 Å². The van der Waals surface area contributed by atoms with Crippen LogP contribution in [0.4, 0.5) is 0 Å². The molecule has 1 saturated heterocycles. The van der Waals surface area contributed by atoms with Crippen LogP contribution in [0.25, 0.3) is 0 Å². The van der Waals surface area contributed by atoms with E-state index in [9.17, 15) is 14.7 Å². The molecular weight excluding hydrogens is 338 g/mol. The Labute approximate surface area is 132 Å². The Bertz CT molecular complexity index is 546. The maximum atomic E-state index is 12.6. The van der Waals surface area contributed by atoms with Crippen molar-refractivity contribution in [3.63, 3.8) is 0 Å². The minimum atomic E-state index is -0.531. The predicted molar refractivity (Wildman–Crippen MR) is 81.1 cm³/mol. The van der Waals surface area contributed by atoms with E-state index in [-0.39, 0.29) is 17.6 Å². The van der Waals surface area contributed by atoms with E-state index in [0.717, 1.165) is 12.8 Å². The molecule has 1 N–H and O–H groups in total. The number of halogens is 1. The molecule has 1 aliphatic heterocycles. The average Bonchev–Trinajstić information content (AvgIpc) is 2.49. The number of carbonyl (C=O) groups excluding carboxylic acids is 2. The number of hydrogen-bond donors (Lipinski definition) is 1. The highest BCUT2D eigenvalue weighted by Crippen LogP contribution is 2.27. The van der Waals surface area contributed by atoms with Crippen LogP contribution in [0.15, 0.2) is 22.7 Å². The maximum Gasteiger partial charge on any atom is 0.328 e. The van der Waals surface area contributed by atoms with Crippen LogP contribution in [0, 0.1) is 0 Å². The predicted octanol–water partition coefficient (Wildman–Crippen LogP) is 2.71. The Morgan fingerprint density at radius 3 is 2.86 bits per heavy atom. The summed E-state index contributed by atoms with van der Waals surface area (Å²) in [5, 5.41) is 9.70. The molecule has 21 heavy (non-hydrogen) atoms. The summed E-state index contributed by atoms with van der Waals surface area (Å²) in [6, 6.07) is 4.12. The first-order chi connectivity index (χ1) is 10.0. The number of phenols is 1.